The van der Waals surface area contributed by atoms with Gasteiger partial charge in [-0.25, -0.2) is 0 Å². The topological polar surface area (TPSA) is 75.6 Å². The van der Waals surface area contributed by atoms with Gasteiger partial charge in [0, 0.05) is 11.3 Å². The second-order valence-electron chi connectivity index (χ2n) is 5.90. The molecule has 3 rings (SSSR count). The number of carbonyl (C=O) groups excluding carboxylic acids is 1. The van der Waals surface area contributed by atoms with Gasteiger partial charge in [0.15, 0.2) is 0 Å². The van der Waals surface area contributed by atoms with Gasteiger partial charge in [0.2, 0.25) is 5.91 Å². The molecule has 2 N–H and O–H groups in total. The lowest BCUT2D eigenvalue weighted by Gasteiger charge is -2.25. The number of carboxylic acids is 1. The van der Waals surface area contributed by atoms with Crippen LogP contribution >= 0.6 is 0 Å². The molecular weight excluding hydrogens is 306 g/mol. The average molecular weight is 325 g/mol. The number of aliphatic carboxylic acids is 1. The molecule has 0 saturated heterocycles. The lowest BCUT2D eigenvalue weighted by atomic mass is 9.92. The second-order valence-corrected chi connectivity index (χ2v) is 5.90. The van der Waals surface area contributed by atoms with Crippen molar-refractivity contribution in [3.05, 3.63) is 59.7 Å². The summed E-state index contributed by atoms with van der Waals surface area (Å²) < 4.78 is 5.58. The SMILES string of the molecule is CC(C(=O)O)c1ccc(NC(=O)C2CCOc3ccccc32)cc1. The van der Waals surface area contributed by atoms with Crippen LogP contribution < -0.4 is 10.1 Å². The van der Waals surface area contributed by atoms with Crippen molar-refractivity contribution in [2.24, 2.45) is 0 Å². The second kappa shape index (κ2) is 6.74. The van der Waals surface area contributed by atoms with Crippen LogP contribution in [0.15, 0.2) is 48.5 Å². The molecule has 2 unspecified atom stereocenters. The van der Waals surface area contributed by atoms with Gasteiger partial charge < -0.3 is 15.2 Å². The van der Waals surface area contributed by atoms with Crippen molar-refractivity contribution in [2.75, 3.05) is 11.9 Å². The Kier molecular flexibility index (Phi) is 4.51. The van der Waals surface area contributed by atoms with E-state index >= 15 is 0 Å². The predicted octanol–water partition coefficient (Wildman–Crippen LogP) is 3.38. The molecular formula is C19H19NO4. The summed E-state index contributed by atoms with van der Waals surface area (Å²) >= 11 is 0. The maximum absolute atomic E-state index is 12.6. The van der Waals surface area contributed by atoms with Gasteiger partial charge in [0.25, 0.3) is 0 Å². The van der Waals surface area contributed by atoms with E-state index in [-0.39, 0.29) is 11.8 Å². The zero-order valence-electron chi connectivity index (χ0n) is 13.4. The van der Waals surface area contributed by atoms with Crippen molar-refractivity contribution in [3.8, 4) is 5.75 Å². The molecule has 0 aromatic heterocycles. The van der Waals surface area contributed by atoms with Gasteiger partial charge in [-0.15, -0.1) is 0 Å². The van der Waals surface area contributed by atoms with Crippen LogP contribution in [0.1, 0.15) is 36.3 Å². The first-order valence-corrected chi connectivity index (χ1v) is 7.91. The third-order valence-corrected chi connectivity index (χ3v) is 4.32. The van der Waals surface area contributed by atoms with Gasteiger partial charge in [-0.3, -0.25) is 9.59 Å². The van der Waals surface area contributed by atoms with E-state index in [0.29, 0.717) is 24.3 Å². The smallest absolute Gasteiger partial charge is 0.310 e. The fourth-order valence-electron chi connectivity index (χ4n) is 2.84. The molecule has 2 aromatic rings. The van der Waals surface area contributed by atoms with Gasteiger partial charge in [0.1, 0.15) is 5.75 Å². The van der Waals surface area contributed by atoms with Crippen LogP contribution in [0.3, 0.4) is 0 Å². The van der Waals surface area contributed by atoms with Crippen LogP contribution in [0, 0.1) is 0 Å². The molecule has 1 aliphatic rings. The summed E-state index contributed by atoms with van der Waals surface area (Å²) in [5.41, 5.74) is 2.26. The van der Waals surface area contributed by atoms with E-state index in [1.54, 1.807) is 31.2 Å². The molecule has 24 heavy (non-hydrogen) atoms. The Hall–Kier alpha value is -2.82. The van der Waals surface area contributed by atoms with Crippen LogP contribution in [0.5, 0.6) is 5.75 Å². The van der Waals surface area contributed by atoms with Gasteiger partial charge in [-0.05, 0) is 37.1 Å². The van der Waals surface area contributed by atoms with Crippen molar-refractivity contribution < 1.29 is 19.4 Å². The highest BCUT2D eigenvalue weighted by Gasteiger charge is 2.27. The third-order valence-electron chi connectivity index (χ3n) is 4.32. The highest BCUT2D eigenvalue weighted by atomic mass is 16.5. The zero-order valence-corrected chi connectivity index (χ0v) is 13.4. The minimum Gasteiger partial charge on any atom is -0.493 e. The van der Waals surface area contributed by atoms with E-state index in [1.165, 1.54) is 0 Å². The predicted molar refractivity (Wildman–Crippen MR) is 90.4 cm³/mol. The minimum absolute atomic E-state index is 0.0789. The Bertz CT molecular complexity index is 754. The molecule has 124 valence electrons. The molecule has 1 amide bonds. The molecule has 0 saturated carbocycles. The maximum Gasteiger partial charge on any atom is 0.310 e. The molecule has 1 heterocycles. The highest BCUT2D eigenvalue weighted by Crippen LogP contribution is 2.34. The highest BCUT2D eigenvalue weighted by molar-refractivity contribution is 5.96. The van der Waals surface area contributed by atoms with E-state index < -0.39 is 11.9 Å². The monoisotopic (exact) mass is 325 g/mol. The minimum atomic E-state index is -0.870. The van der Waals surface area contributed by atoms with E-state index in [4.69, 9.17) is 9.84 Å². The fourth-order valence-corrected chi connectivity index (χ4v) is 2.84. The Morgan fingerprint density at radius 3 is 2.58 bits per heavy atom. The summed E-state index contributed by atoms with van der Waals surface area (Å²) in [6.45, 7) is 2.15. The summed E-state index contributed by atoms with van der Waals surface area (Å²) in [5, 5.41) is 11.9. The lowest BCUT2D eigenvalue weighted by molar-refractivity contribution is -0.138. The molecule has 0 bridgehead atoms. The third kappa shape index (κ3) is 3.25. The summed E-state index contributed by atoms with van der Waals surface area (Å²) in [4.78, 5) is 23.6. The molecule has 1 aliphatic heterocycles. The number of carbonyl (C=O) groups is 2. The lowest BCUT2D eigenvalue weighted by Crippen LogP contribution is -2.26. The van der Waals surface area contributed by atoms with Crippen LogP contribution in [0.4, 0.5) is 5.69 Å². The van der Waals surface area contributed by atoms with E-state index in [2.05, 4.69) is 5.32 Å². The van der Waals surface area contributed by atoms with Crippen molar-refractivity contribution in [1.82, 2.24) is 0 Å². The number of anilines is 1. The number of carboxylic acid groups (broad SMARTS) is 1. The van der Waals surface area contributed by atoms with Crippen LogP contribution in [0.2, 0.25) is 0 Å². The van der Waals surface area contributed by atoms with Crippen LogP contribution in [0.25, 0.3) is 0 Å². The first-order chi connectivity index (χ1) is 11.6. The maximum atomic E-state index is 12.6. The van der Waals surface area contributed by atoms with Gasteiger partial charge in [-0.2, -0.15) is 0 Å². The average Bonchev–Trinajstić information content (AvgIpc) is 2.61. The number of nitrogens with one attached hydrogen (secondary N) is 1. The number of fused-ring (bicyclic) bond motifs is 1. The fraction of sp³-hybridized carbons (Fsp3) is 0.263. The number of ether oxygens (including phenoxy) is 1. The number of para-hydroxylation sites is 1. The number of benzene rings is 2. The molecule has 0 fully saturated rings. The van der Waals surface area contributed by atoms with Crippen molar-refractivity contribution in [2.45, 2.75) is 25.2 Å². The van der Waals surface area contributed by atoms with Crippen LogP contribution in [-0.4, -0.2) is 23.6 Å². The van der Waals surface area contributed by atoms with Crippen molar-refractivity contribution in [3.63, 3.8) is 0 Å². The summed E-state index contributed by atoms with van der Waals surface area (Å²) in [6, 6.07) is 14.5. The number of hydrogen-bond acceptors (Lipinski definition) is 3. The Morgan fingerprint density at radius 2 is 1.88 bits per heavy atom. The first kappa shape index (κ1) is 16.1. The summed E-state index contributed by atoms with van der Waals surface area (Å²) in [7, 11) is 0. The van der Waals surface area contributed by atoms with Crippen molar-refractivity contribution in [1.29, 1.82) is 0 Å². The molecule has 5 nitrogen and oxygen atoms in total. The normalized spacial score (nSPS) is 17.3. The Morgan fingerprint density at radius 1 is 1.17 bits per heavy atom. The molecule has 0 aliphatic carbocycles. The summed E-state index contributed by atoms with van der Waals surface area (Å²) in [5.74, 6) is -1.00. The Labute approximate surface area is 140 Å². The molecule has 2 aromatic carbocycles. The molecule has 0 radical (unpaired) electrons. The molecule has 5 heteroatoms. The van der Waals surface area contributed by atoms with Crippen LogP contribution in [-0.2, 0) is 9.59 Å². The molecule has 2 atom stereocenters. The standard InChI is InChI=1S/C19H19NO4/c1-12(19(22)23)13-6-8-14(9-7-13)20-18(21)16-10-11-24-17-5-3-2-4-15(16)17/h2-9,12,16H,10-11H2,1H3,(H,20,21)(H,22,23). The van der Waals surface area contributed by atoms with Gasteiger partial charge in [-0.1, -0.05) is 30.3 Å². The summed E-state index contributed by atoms with van der Waals surface area (Å²) in [6.07, 6.45) is 0.636. The quantitative estimate of drug-likeness (QED) is 0.903. The Balaban J connectivity index is 1.73. The largest absolute Gasteiger partial charge is 0.493 e. The molecule has 0 spiro atoms. The number of amides is 1. The first-order valence-electron chi connectivity index (χ1n) is 7.91. The van der Waals surface area contributed by atoms with E-state index in [9.17, 15) is 9.59 Å². The van der Waals surface area contributed by atoms with Crippen molar-refractivity contribution >= 4 is 17.6 Å². The van der Waals surface area contributed by atoms with Gasteiger partial charge >= 0.3 is 5.97 Å². The van der Waals surface area contributed by atoms with E-state index in [0.717, 1.165) is 11.3 Å². The number of rotatable bonds is 4. The number of hydrogen-bond donors (Lipinski definition) is 2. The zero-order chi connectivity index (χ0) is 17.1. The van der Waals surface area contributed by atoms with E-state index in [1.807, 2.05) is 24.3 Å². The van der Waals surface area contributed by atoms with Gasteiger partial charge in [0.05, 0.1) is 18.4 Å².